The second-order valence-corrected chi connectivity index (χ2v) is 4.67. The summed E-state index contributed by atoms with van der Waals surface area (Å²) in [5.74, 6) is 0.736. The monoisotopic (exact) mass is 267 g/mol. The minimum absolute atomic E-state index is 0.0870. The highest BCUT2D eigenvalue weighted by molar-refractivity contribution is 7.09. The van der Waals surface area contributed by atoms with Crippen LogP contribution in [0.5, 0.6) is 5.88 Å². The molecule has 0 saturated heterocycles. The van der Waals surface area contributed by atoms with E-state index in [4.69, 9.17) is 9.26 Å². The van der Waals surface area contributed by atoms with Gasteiger partial charge in [-0.2, -0.15) is 0 Å². The summed E-state index contributed by atoms with van der Waals surface area (Å²) < 4.78 is 9.96. The van der Waals surface area contributed by atoms with Gasteiger partial charge in [0.05, 0.1) is 6.54 Å². The van der Waals surface area contributed by atoms with E-state index in [2.05, 4.69) is 15.5 Å². The SMILES string of the molecule is Cc1csc(CNC(=O)COc2cc(C)on2)n1. The minimum atomic E-state index is -0.219. The molecular weight excluding hydrogens is 254 g/mol. The van der Waals surface area contributed by atoms with Crippen molar-refractivity contribution in [1.82, 2.24) is 15.5 Å². The highest BCUT2D eigenvalue weighted by atomic mass is 32.1. The number of aromatic nitrogens is 2. The van der Waals surface area contributed by atoms with Gasteiger partial charge in [0.1, 0.15) is 10.8 Å². The molecule has 96 valence electrons. The summed E-state index contributed by atoms with van der Waals surface area (Å²) in [4.78, 5) is 15.7. The van der Waals surface area contributed by atoms with Crippen LogP contribution in [0.3, 0.4) is 0 Å². The van der Waals surface area contributed by atoms with Gasteiger partial charge in [-0.1, -0.05) is 0 Å². The Morgan fingerprint density at radius 3 is 3.00 bits per heavy atom. The van der Waals surface area contributed by atoms with Crippen LogP contribution in [0, 0.1) is 13.8 Å². The quantitative estimate of drug-likeness (QED) is 0.887. The average molecular weight is 267 g/mol. The summed E-state index contributed by atoms with van der Waals surface area (Å²) in [6, 6.07) is 1.62. The summed E-state index contributed by atoms with van der Waals surface area (Å²) in [6.07, 6.45) is 0. The van der Waals surface area contributed by atoms with Crippen molar-refractivity contribution in [1.29, 1.82) is 0 Å². The largest absolute Gasteiger partial charge is 0.465 e. The summed E-state index contributed by atoms with van der Waals surface area (Å²) in [6.45, 7) is 4.00. The molecule has 6 nitrogen and oxygen atoms in total. The standard InChI is InChI=1S/C11H13N3O3S/c1-7-6-18-11(13-7)4-12-9(15)5-16-10-3-8(2)17-14-10/h3,6H,4-5H2,1-2H3,(H,12,15). The number of aryl methyl sites for hydroxylation is 2. The zero-order chi connectivity index (χ0) is 13.0. The summed E-state index contributed by atoms with van der Waals surface area (Å²) in [7, 11) is 0. The Labute approximate surface area is 108 Å². The second-order valence-electron chi connectivity index (χ2n) is 3.72. The van der Waals surface area contributed by atoms with E-state index in [1.165, 1.54) is 11.3 Å². The molecule has 2 rings (SSSR count). The van der Waals surface area contributed by atoms with Crippen LogP contribution in [0.25, 0.3) is 0 Å². The lowest BCUT2D eigenvalue weighted by atomic mass is 10.5. The van der Waals surface area contributed by atoms with Crippen LogP contribution in [-0.2, 0) is 11.3 Å². The number of thiazole rings is 1. The van der Waals surface area contributed by atoms with Crippen molar-refractivity contribution >= 4 is 17.2 Å². The fourth-order valence-corrected chi connectivity index (χ4v) is 1.97. The van der Waals surface area contributed by atoms with Gasteiger partial charge in [-0.05, 0) is 19.0 Å². The highest BCUT2D eigenvalue weighted by Crippen LogP contribution is 2.10. The molecule has 0 aliphatic heterocycles. The topological polar surface area (TPSA) is 77.2 Å². The smallest absolute Gasteiger partial charge is 0.258 e. The summed E-state index contributed by atoms with van der Waals surface area (Å²) in [5.41, 5.74) is 0.957. The third kappa shape index (κ3) is 3.56. The lowest BCUT2D eigenvalue weighted by molar-refractivity contribution is -0.123. The van der Waals surface area contributed by atoms with Gasteiger partial charge in [0, 0.05) is 17.1 Å². The zero-order valence-electron chi connectivity index (χ0n) is 10.1. The van der Waals surface area contributed by atoms with Crippen LogP contribution >= 0.6 is 11.3 Å². The van der Waals surface area contributed by atoms with E-state index < -0.39 is 0 Å². The lowest BCUT2D eigenvalue weighted by Crippen LogP contribution is -2.28. The Morgan fingerprint density at radius 2 is 2.39 bits per heavy atom. The number of nitrogens with zero attached hydrogens (tertiary/aromatic N) is 2. The molecular formula is C11H13N3O3S. The van der Waals surface area contributed by atoms with E-state index in [0.717, 1.165) is 10.7 Å². The second kappa shape index (κ2) is 5.63. The first-order valence-electron chi connectivity index (χ1n) is 5.37. The van der Waals surface area contributed by atoms with Gasteiger partial charge in [-0.3, -0.25) is 4.79 Å². The van der Waals surface area contributed by atoms with Crippen LogP contribution in [0.15, 0.2) is 16.0 Å². The number of hydrogen-bond acceptors (Lipinski definition) is 6. The predicted octanol–water partition coefficient (Wildman–Crippen LogP) is 1.44. The number of rotatable bonds is 5. The fourth-order valence-electron chi connectivity index (χ4n) is 1.26. The number of carbonyl (C=O) groups is 1. The van der Waals surface area contributed by atoms with Crippen molar-refractivity contribution in [3.63, 3.8) is 0 Å². The molecule has 0 bridgehead atoms. The van der Waals surface area contributed by atoms with Crippen LogP contribution < -0.4 is 10.1 Å². The van der Waals surface area contributed by atoms with Gasteiger partial charge in [0.2, 0.25) is 0 Å². The van der Waals surface area contributed by atoms with E-state index in [1.807, 2.05) is 12.3 Å². The molecule has 0 fully saturated rings. The first-order chi connectivity index (χ1) is 8.63. The third-order valence-corrected chi connectivity index (χ3v) is 3.03. The first-order valence-corrected chi connectivity index (χ1v) is 6.25. The van der Waals surface area contributed by atoms with Crippen molar-refractivity contribution in [2.45, 2.75) is 20.4 Å². The Hall–Kier alpha value is -1.89. The maximum atomic E-state index is 11.5. The zero-order valence-corrected chi connectivity index (χ0v) is 10.9. The Kier molecular flexibility index (Phi) is 3.93. The van der Waals surface area contributed by atoms with Crippen LogP contribution in [0.4, 0.5) is 0 Å². The van der Waals surface area contributed by atoms with Crippen molar-refractivity contribution in [3.8, 4) is 5.88 Å². The third-order valence-electron chi connectivity index (χ3n) is 2.06. The van der Waals surface area contributed by atoms with Gasteiger partial charge in [-0.25, -0.2) is 4.98 Å². The molecule has 0 aliphatic rings. The van der Waals surface area contributed by atoms with Crippen LogP contribution in [0.2, 0.25) is 0 Å². The first kappa shape index (κ1) is 12.6. The van der Waals surface area contributed by atoms with E-state index in [0.29, 0.717) is 18.2 Å². The number of hydrogen-bond donors (Lipinski definition) is 1. The molecule has 2 heterocycles. The molecule has 0 radical (unpaired) electrons. The van der Waals surface area contributed by atoms with Crippen molar-refractivity contribution in [2.24, 2.45) is 0 Å². The molecule has 0 unspecified atom stereocenters. The molecule has 1 N–H and O–H groups in total. The molecule has 0 aliphatic carbocycles. The van der Waals surface area contributed by atoms with Gasteiger partial charge >= 0.3 is 0 Å². The van der Waals surface area contributed by atoms with E-state index >= 15 is 0 Å². The van der Waals surface area contributed by atoms with Crippen LogP contribution in [0.1, 0.15) is 16.5 Å². The molecule has 1 amide bonds. The van der Waals surface area contributed by atoms with Gasteiger partial charge in [0.15, 0.2) is 6.61 Å². The minimum Gasteiger partial charge on any atom is -0.465 e. The number of carbonyl (C=O) groups excluding carboxylic acids is 1. The number of amides is 1. The predicted molar refractivity (Wildman–Crippen MR) is 65.4 cm³/mol. The number of ether oxygens (including phenoxy) is 1. The van der Waals surface area contributed by atoms with E-state index in [-0.39, 0.29) is 12.5 Å². The highest BCUT2D eigenvalue weighted by Gasteiger charge is 2.06. The Morgan fingerprint density at radius 1 is 1.56 bits per heavy atom. The average Bonchev–Trinajstić information content (AvgIpc) is 2.93. The van der Waals surface area contributed by atoms with E-state index in [9.17, 15) is 4.79 Å². The molecule has 2 aromatic rings. The molecule has 7 heteroatoms. The molecule has 0 atom stereocenters. The maximum Gasteiger partial charge on any atom is 0.258 e. The molecule has 0 saturated carbocycles. The summed E-state index contributed by atoms with van der Waals surface area (Å²) in [5, 5.41) is 9.15. The number of nitrogens with one attached hydrogen (secondary N) is 1. The van der Waals surface area contributed by atoms with Crippen molar-refractivity contribution < 1.29 is 14.1 Å². The summed E-state index contributed by atoms with van der Waals surface area (Å²) >= 11 is 1.52. The van der Waals surface area contributed by atoms with Crippen molar-refractivity contribution in [3.05, 3.63) is 27.9 Å². The van der Waals surface area contributed by atoms with Crippen LogP contribution in [-0.4, -0.2) is 22.7 Å². The maximum absolute atomic E-state index is 11.5. The van der Waals surface area contributed by atoms with Gasteiger partial charge in [-0.15, -0.1) is 11.3 Å². The molecule has 18 heavy (non-hydrogen) atoms. The Bertz CT molecular complexity index is 489. The Balaban J connectivity index is 1.72. The van der Waals surface area contributed by atoms with Crippen molar-refractivity contribution in [2.75, 3.05) is 6.61 Å². The molecule has 0 spiro atoms. The normalized spacial score (nSPS) is 10.3. The van der Waals surface area contributed by atoms with E-state index in [1.54, 1.807) is 13.0 Å². The molecule has 0 aromatic carbocycles. The lowest BCUT2D eigenvalue weighted by Gasteiger charge is -2.03. The molecule has 2 aromatic heterocycles. The van der Waals surface area contributed by atoms with Gasteiger partial charge in [0.25, 0.3) is 11.8 Å². The fraction of sp³-hybridized carbons (Fsp3) is 0.364. The van der Waals surface area contributed by atoms with Gasteiger partial charge < -0.3 is 14.6 Å².